The van der Waals surface area contributed by atoms with Gasteiger partial charge in [-0.3, -0.25) is 9.88 Å². The van der Waals surface area contributed by atoms with Gasteiger partial charge in [0.25, 0.3) is 0 Å². The zero-order valence-electron chi connectivity index (χ0n) is 16.7. The number of hydrogen-bond donors (Lipinski definition) is 2. The highest BCUT2D eigenvalue weighted by molar-refractivity contribution is 5.66. The van der Waals surface area contributed by atoms with E-state index in [2.05, 4.69) is 6.07 Å². The third-order valence-corrected chi connectivity index (χ3v) is 6.87. The Balaban J connectivity index is 1.61. The molecule has 4 unspecified atom stereocenters. The number of rotatable bonds is 5. The first-order chi connectivity index (χ1) is 12.7. The van der Waals surface area contributed by atoms with E-state index in [0.29, 0.717) is 17.8 Å². The van der Waals surface area contributed by atoms with E-state index in [1.807, 2.05) is 26.8 Å². The topological polar surface area (TPSA) is 73.7 Å². The number of aromatic nitrogens is 1. The molecule has 3 fully saturated rings. The summed E-state index contributed by atoms with van der Waals surface area (Å²) in [5.41, 5.74) is 2.25. The second-order valence-corrected chi connectivity index (χ2v) is 9.87. The molecule has 1 amide bonds. The smallest absolute Gasteiger partial charge is 0.408 e. The summed E-state index contributed by atoms with van der Waals surface area (Å²) in [7, 11) is 0. The maximum Gasteiger partial charge on any atom is 0.408 e. The Hall–Kier alpha value is -1.62. The zero-order chi connectivity index (χ0) is 19.3. The molecule has 4 rings (SSSR count). The average molecular weight is 373 g/mol. The van der Waals surface area contributed by atoms with E-state index in [-0.39, 0.29) is 6.54 Å². The van der Waals surface area contributed by atoms with Crippen LogP contribution in [0.1, 0.15) is 88.3 Å². The lowest BCUT2D eigenvalue weighted by Crippen LogP contribution is -2.44. The maximum atomic E-state index is 11.7. The Kier molecular flexibility index (Phi) is 4.69. The highest BCUT2D eigenvalue weighted by Gasteiger charge is 2.44. The molecule has 148 valence electrons. The standard InChI is InChI=1S/C22H32N2O3/c1-22(2,3)24(21(26)27)12-16-8-9-17(14-6-7-14)19(23-16)20(25)18-11-13-4-5-15(18)10-13/h8-9,13-15,18,20,25H,4-7,10-12H2,1-3H3,(H,26,27). The molecule has 2 N–H and O–H groups in total. The van der Waals surface area contributed by atoms with Gasteiger partial charge in [-0.1, -0.05) is 12.5 Å². The molecule has 3 saturated carbocycles. The van der Waals surface area contributed by atoms with Crippen molar-refractivity contribution in [3.8, 4) is 0 Å². The first-order valence-corrected chi connectivity index (χ1v) is 10.4. The molecule has 2 bridgehead atoms. The van der Waals surface area contributed by atoms with Crippen molar-refractivity contribution in [3.05, 3.63) is 29.1 Å². The summed E-state index contributed by atoms with van der Waals surface area (Å²) in [5, 5.41) is 20.8. The van der Waals surface area contributed by atoms with Crippen LogP contribution in [0.4, 0.5) is 4.79 Å². The molecule has 3 aliphatic carbocycles. The van der Waals surface area contributed by atoms with E-state index >= 15 is 0 Å². The minimum atomic E-state index is -0.939. The van der Waals surface area contributed by atoms with Crippen LogP contribution in [-0.2, 0) is 6.54 Å². The number of carboxylic acid groups (broad SMARTS) is 1. The second kappa shape index (κ2) is 6.77. The third kappa shape index (κ3) is 3.71. The summed E-state index contributed by atoms with van der Waals surface area (Å²) in [6.07, 6.45) is 5.82. The van der Waals surface area contributed by atoms with Crippen molar-refractivity contribution in [1.29, 1.82) is 0 Å². The van der Waals surface area contributed by atoms with Gasteiger partial charge in [0.15, 0.2) is 0 Å². The van der Waals surface area contributed by atoms with Crippen LogP contribution < -0.4 is 0 Å². The Morgan fingerprint density at radius 3 is 2.48 bits per heavy atom. The maximum absolute atomic E-state index is 11.7. The number of carbonyl (C=O) groups is 1. The van der Waals surface area contributed by atoms with Crippen molar-refractivity contribution in [2.45, 2.75) is 83.4 Å². The fourth-order valence-electron chi connectivity index (χ4n) is 5.23. The van der Waals surface area contributed by atoms with Gasteiger partial charge in [0.2, 0.25) is 0 Å². The van der Waals surface area contributed by atoms with Crippen molar-refractivity contribution in [3.63, 3.8) is 0 Å². The summed E-state index contributed by atoms with van der Waals surface area (Å²) < 4.78 is 0. The SMILES string of the molecule is CC(C)(C)N(Cc1ccc(C2CC2)c(C(O)C2CC3CCC2C3)n1)C(=O)O. The molecule has 5 nitrogen and oxygen atoms in total. The second-order valence-electron chi connectivity index (χ2n) is 9.87. The quantitative estimate of drug-likeness (QED) is 0.785. The summed E-state index contributed by atoms with van der Waals surface area (Å²) >= 11 is 0. The molecule has 0 aromatic carbocycles. The number of nitrogens with zero attached hydrogens (tertiary/aromatic N) is 2. The summed E-state index contributed by atoms with van der Waals surface area (Å²) in [6.45, 7) is 5.93. The number of pyridine rings is 1. The molecule has 1 aromatic rings. The van der Waals surface area contributed by atoms with Gasteiger partial charge in [-0.25, -0.2) is 4.79 Å². The van der Waals surface area contributed by atoms with Gasteiger partial charge in [-0.05, 0) is 88.2 Å². The monoisotopic (exact) mass is 372 g/mol. The molecule has 0 saturated heterocycles. The predicted molar refractivity (Wildman–Crippen MR) is 103 cm³/mol. The van der Waals surface area contributed by atoms with Crippen molar-refractivity contribution in [2.24, 2.45) is 17.8 Å². The van der Waals surface area contributed by atoms with E-state index < -0.39 is 17.7 Å². The fourth-order valence-corrected chi connectivity index (χ4v) is 5.23. The Morgan fingerprint density at radius 1 is 1.22 bits per heavy atom. The molecule has 4 atom stereocenters. The van der Waals surface area contributed by atoms with Crippen LogP contribution >= 0.6 is 0 Å². The largest absolute Gasteiger partial charge is 0.465 e. The summed E-state index contributed by atoms with van der Waals surface area (Å²) in [5.74, 6) is 2.26. The van der Waals surface area contributed by atoms with E-state index in [0.717, 1.165) is 23.7 Å². The van der Waals surface area contributed by atoms with Crippen LogP contribution in [0.25, 0.3) is 0 Å². The van der Waals surface area contributed by atoms with Crippen LogP contribution in [0.15, 0.2) is 12.1 Å². The highest BCUT2D eigenvalue weighted by atomic mass is 16.4. The number of aliphatic hydroxyl groups is 1. The van der Waals surface area contributed by atoms with Crippen LogP contribution in [0, 0.1) is 17.8 Å². The number of fused-ring (bicyclic) bond motifs is 2. The average Bonchev–Trinajstić information content (AvgIpc) is 3.23. The van der Waals surface area contributed by atoms with Gasteiger partial charge in [0.05, 0.1) is 24.0 Å². The minimum Gasteiger partial charge on any atom is -0.465 e. The lowest BCUT2D eigenvalue weighted by molar-refractivity contribution is 0.0693. The van der Waals surface area contributed by atoms with Crippen LogP contribution in [0.3, 0.4) is 0 Å². The molecular formula is C22H32N2O3. The predicted octanol–water partition coefficient (Wildman–Crippen LogP) is 4.71. The Bertz CT molecular complexity index is 723. The first-order valence-electron chi connectivity index (χ1n) is 10.4. The molecule has 1 heterocycles. The zero-order valence-corrected chi connectivity index (χ0v) is 16.7. The van der Waals surface area contributed by atoms with Crippen LogP contribution in [0.5, 0.6) is 0 Å². The molecule has 0 radical (unpaired) electrons. The van der Waals surface area contributed by atoms with Gasteiger partial charge in [-0.2, -0.15) is 0 Å². The third-order valence-electron chi connectivity index (χ3n) is 6.87. The fraction of sp³-hybridized carbons (Fsp3) is 0.727. The normalized spacial score (nSPS) is 28.4. The van der Waals surface area contributed by atoms with E-state index in [1.54, 1.807) is 0 Å². The number of hydrogen-bond acceptors (Lipinski definition) is 3. The van der Waals surface area contributed by atoms with Gasteiger partial charge in [-0.15, -0.1) is 0 Å². The molecule has 0 aliphatic heterocycles. The first kappa shape index (κ1) is 18.7. The Morgan fingerprint density at radius 2 is 1.96 bits per heavy atom. The van der Waals surface area contributed by atoms with Crippen molar-refractivity contribution in [2.75, 3.05) is 0 Å². The number of amides is 1. The molecular weight excluding hydrogens is 340 g/mol. The lowest BCUT2D eigenvalue weighted by Gasteiger charge is -2.33. The van der Waals surface area contributed by atoms with E-state index in [9.17, 15) is 15.0 Å². The minimum absolute atomic E-state index is 0.250. The molecule has 5 heteroatoms. The van der Waals surface area contributed by atoms with Crippen LogP contribution in [-0.4, -0.2) is 31.7 Å². The van der Waals surface area contributed by atoms with Crippen molar-refractivity contribution in [1.82, 2.24) is 9.88 Å². The summed E-state index contributed by atoms with van der Waals surface area (Å²) in [4.78, 5) is 18.0. The summed E-state index contributed by atoms with van der Waals surface area (Å²) in [6, 6.07) is 4.04. The van der Waals surface area contributed by atoms with Gasteiger partial charge in [0, 0.05) is 5.54 Å². The van der Waals surface area contributed by atoms with Crippen LogP contribution in [0.2, 0.25) is 0 Å². The molecule has 3 aliphatic rings. The molecule has 1 aromatic heterocycles. The van der Waals surface area contributed by atoms with Gasteiger partial charge >= 0.3 is 6.09 Å². The van der Waals surface area contributed by atoms with E-state index in [1.165, 1.54) is 42.6 Å². The van der Waals surface area contributed by atoms with Gasteiger partial charge in [0.1, 0.15) is 0 Å². The van der Waals surface area contributed by atoms with Gasteiger partial charge < -0.3 is 10.2 Å². The molecule has 27 heavy (non-hydrogen) atoms. The Labute approximate surface area is 161 Å². The van der Waals surface area contributed by atoms with E-state index in [4.69, 9.17) is 4.98 Å². The molecule has 0 spiro atoms. The lowest BCUT2D eigenvalue weighted by atomic mass is 9.82. The highest BCUT2D eigenvalue weighted by Crippen LogP contribution is 2.53. The van der Waals surface area contributed by atoms with Crippen molar-refractivity contribution < 1.29 is 15.0 Å². The number of aliphatic hydroxyl groups excluding tert-OH is 1. The van der Waals surface area contributed by atoms with Crippen molar-refractivity contribution >= 4 is 6.09 Å².